The van der Waals surface area contributed by atoms with Crippen molar-refractivity contribution in [3.05, 3.63) is 59.7 Å². The Balaban J connectivity index is 1.66. The minimum absolute atomic E-state index is 0.0803. The molecule has 7 nitrogen and oxygen atoms in total. The maximum atomic E-state index is 12.3. The number of carbonyl (C=O) groups is 2. The Morgan fingerprint density at radius 3 is 2.56 bits per heavy atom. The van der Waals surface area contributed by atoms with Crippen LogP contribution in [0.15, 0.2) is 48.5 Å². The number of carbonyl (C=O) groups excluding carboxylic acids is 1. The number of carboxylic acid groups (broad SMARTS) is 1. The van der Waals surface area contributed by atoms with Crippen molar-refractivity contribution in [3.63, 3.8) is 0 Å². The molecule has 0 aliphatic carbocycles. The first-order valence-corrected chi connectivity index (χ1v) is 7.68. The van der Waals surface area contributed by atoms with Crippen LogP contribution in [0.5, 0.6) is 11.5 Å². The van der Waals surface area contributed by atoms with Crippen LogP contribution < -0.4 is 9.47 Å². The van der Waals surface area contributed by atoms with Crippen LogP contribution in [-0.4, -0.2) is 35.4 Å². The Bertz CT molecular complexity index is 761. The number of amides is 1. The fourth-order valence-electron chi connectivity index (χ4n) is 2.42. The van der Waals surface area contributed by atoms with Gasteiger partial charge < -0.3 is 19.3 Å². The Morgan fingerprint density at radius 2 is 1.80 bits per heavy atom. The molecule has 2 aromatic carbocycles. The first-order chi connectivity index (χ1) is 12.1. The molecule has 1 aliphatic rings. The summed E-state index contributed by atoms with van der Waals surface area (Å²) in [7, 11) is 0. The van der Waals surface area contributed by atoms with E-state index in [0.717, 1.165) is 16.0 Å². The Hall–Kier alpha value is -3.22. The van der Waals surface area contributed by atoms with E-state index in [1.54, 1.807) is 18.2 Å². The highest BCUT2D eigenvalue weighted by Gasteiger charge is 2.20. The van der Waals surface area contributed by atoms with Gasteiger partial charge in [-0.3, -0.25) is 9.69 Å². The molecule has 1 N–H and O–H groups in total. The molecule has 0 bridgehead atoms. The molecule has 0 fully saturated rings. The van der Waals surface area contributed by atoms with Crippen LogP contribution in [0, 0.1) is 0 Å². The lowest BCUT2D eigenvalue weighted by Gasteiger charge is -2.20. The number of benzene rings is 2. The molecule has 0 saturated heterocycles. The minimum Gasteiger partial charge on any atom is -0.480 e. The van der Waals surface area contributed by atoms with Gasteiger partial charge in [-0.1, -0.05) is 36.4 Å². The summed E-state index contributed by atoms with van der Waals surface area (Å²) < 4.78 is 15.8. The maximum absolute atomic E-state index is 12.3. The zero-order valence-corrected chi connectivity index (χ0v) is 13.4. The average molecular weight is 343 g/mol. The van der Waals surface area contributed by atoms with Gasteiger partial charge in [0.15, 0.2) is 11.5 Å². The third-order valence-electron chi connectivity index (χ3n) is 3.60. The van der Waals surface area contributed by atoms with Gasteiger partial charge in [0.25, 0.3) is 0 Å². The van der Waals surface area contributed by atoms with Gasteiger partial charge in [-0.2, -0.15) is 0 Å². The van der Waals surface area contributed by atoms with Gasteiger partial charge in [-0.05, 0) is 23.3 Å². The lowest BCUT2D eigenvalue weighted by atomic mass is 10.2. The van der Waals surface area contributed by atoms with Crippen LogP contribution in [0.4, 0.5) is 4.79 Å². The van der Waals surface area contributed by atoms with E-state index < -0.39 is 18.6 Å². The summed E-state index contributed by atoms with van der Waals surface area (Å²) >= 11 is 0. The molecular formula is C18H17NO6. The smallest absolute Gasteiger partial charge is 0.410 e. The molecule has 0 saturated carbocycles. The molecule has 3 rings (SSSR count). The molecular weight excluding hydrogens is 326 g/mol. The zero-order valence-electron chi connectivity index (χ0n) is 13.4. The van der Waals surface area contributed by atoms with E-state index in [2.05, 4.69) is 0 Å². The number of rotatable bonds is 6. The van der Waals surface area contributed by atoms with E-state index in [1.165, 1.54) is 0 Å². The third-order valence-corrected chi connectivity index (χ3v) is 3.60. The molecule has 0 unspecified atom stereocenters. The molecule has 1 aliphatic heterocycles. The van der Waals surface area contributed by atoms with Crippen molar-refractivity contribution in [2.45, 2.75) is 13.2 Å². The monoisotopic (exact) mass is 343 g/mol. The van der Waals surface area contributed by atoms with Gasteiger partial charge >= 0.3 is 12.1 Å². The van der Waals surface area contributed by atoms with Crippen molar-refractivity contribution in [2.75, 3.05) is 13.3 Å². The zero-order chi connectivity index (χ0) is 17.6. The summed E-state index contributed by atoms with van der Waals surface area (Å²) in [6.45, 7) is -0.133. The van der Waals surface area contributed by atoms with Gasteiger partial charge in [0.1, 0.15) is 13.2 Å². The van der Waals surface area contributed by atoms with Crippen LogP contribution in [0.3, 0.4) is 0 Å². The second-order valence-electron chi connectivity index (χ2n) is 5.48. The van der Waals surface area contributed by atoms with Gasteiger partial charge in [0.05, 0.1) is 0 Å². The first kappa shape index (κ1) is 16.6. The maximum Gasteiger partial charge on any atom is 0.410 e. The number of aliphatic carboxylic acids is 1. The van der Waals surface area contributed by atoms with Gasteiger partial charge in [0.2, 0.25) is 6.79 Å². The predicted molar refractivity (Wildman–Crippen MR) is 87.2 cm³/mol. The second kappa shape index (κ2) is 7.57. The molecule has 0 spiro atoms. The Labute approximate surface area is 144 Å². The molecule has 1 heterocycles. The molecule has 2 aromatic rings. The number of hydrogen-bond donors (Lipinski definition) is 1. The van der Waals surface area contributed by atoms with Crippen molar-refractivity contribution in [1.29, 1.82) is 0 Å². The highest BCUT2D eigenvalue weighted by molar-refractivity contribution is 5.76. The second-order valence-corrected chi connectivity index (χ2v) is 5.48. The Morgan fingerprint density at radius 1 is 1.04 bits per heavy atom. The molecule has 1 amide bonds. The van der Waals surface area contributed by atoms with Gasteiger partial charge in [-0.25, -0.2) is 4.79 Å². The van der Waals surface area contributed by atoms with Gasteiger partial charge in [-0.15, -0.1) is 0 Å². The molecule has 0 atom stereocenters. The lowest BCUT2D eigenvalue weighted by Crippen LogP contribution is -2.35. The van der Waals surface area contributed by atoms with E-state index in [-0.39, 0.29) is 19.9 Å². The van der Waals surface area contributed by atoms with Crippen molar-refractivity contribution in [3.8, 4) is 11.5 Å². The SMILES string of the molecule is O=C(O)CN(Cc1ccc2c(c1)OCO2)C(=O)OCc1ccccc1. The van der Waals surface area contributed by atoms with Gasteiger partial charge in [0, 0.05) is 6.54 Å². The molecule has 25 heavy (non-hydrogen) atoms. The summed E-state index contributed by atoms with van der Waals surface area (Å²) in [5.41, 5.74) is 1.55. The highest BCUT2D eigenvalue weighted by Crippen LogP contribution is 2.32. The number of nitrogens with zero attached hydrogens (tertiary/aromatic N) is 1. The summed E-state index contributed by atoms with van der Waals surface area (Å²) in [6, 6.07) is 14.4. The quantitative estimate of drug-likeness (QED) is 0.868. The largest absolute Gasteiger partial charge is 0.480 e. The predicted octanol–water partition coefficient (Wildman–Crippen LogP) is 2.64. The highest BCUT2D eigenvalue weighted by atomic mass is 16.7. The number of fused-ring (bicyclic) bond motifs is 1. The fraction of sp³-hybridized carbons (Fsp3) is 0.222. The summed E-state index contributed by atoms with van der Waals surface area (Å²) in [5, 5.41) is 9.06. The van der Waals surface area contributed by atoms with Crippen molar-refractivity contribution >= 4 is 12.1 Å². The standard InChI is InChI=1S/C18H17NO6/c20-17(21)10-19(18(22)23-11-13-4-2-1-3-5-13)9-14-6-7-15-16(8-14)25-12-24-15/h1-8H,9-12H2,(H,20,21). The lowest BCUT2D eigenvalue weighted by molar-refractivity contribution is -0.138. The molecule has 7 heteroatoms. The van der Waals surface area contributed by atoms with Crippen LogP contribution in [-0.2, 0) is 22.7 Å². The minimum atomic E-state index is -1.11. The average Bonchev–Trinajstić information content (AvgIpc) is 3.07. The van der Waals surface area contributed by atoms with Crippen LogP contribution in [0.25, 0.3) is 0 Å². The van der Waals surface area contributed by atoms with Crippen LogP contribution in [0.1, 0.15) is 11.1 Å². The summed E-state index contributed by atoms with van der Waals surface area (Å²) in [4.78, 5) is 24.5. The van der Waals surface area contributed by atoms with Crippen molar-refractivity contribution in [1.82, 2.24) is 4.90 Å². The number of carboxylic acids is 1. The topological polar surface area (TPSA) is 85.3 Å². The Kier molecular flexibility index (Phi) is 5.03. The summed E-state index contributed by atoms with van der Waals surface area (Å²) in [6.07, 6.45) is -0.691. The van der Waals surface area contributed by atoms with Crippen LogP contribution in [0.2, 0.25) is 0 Å². The fourth-order valence-corrected chi connectivity index (χ4v) is 2.42. The molecule has 130 valence electrons. The van der Waals surface area contributed by atoms with E-state index in [4.69, 9.17) is 19.3 Å². The normalized spacial score (nSPS) is 11.8. The molecule has 0 radical (unpaired) electrons. The van der Waals surface area contributed by atoms with E-state index >= 15 is 0 Å². The first-order valence-electron chi connectivity index (χ1n) is 7.68. The van der Waals surface area contributed by atoms with E-state index in [1.807, 2.05) is 30.3 Å². The van der Waals surface area contributed by atoms with E-state index in [9.17, 15) is 9.59 Å². The van der Waals surface area contributed by atoms with Crippen molar-refractivity contribution < 1.29 is 28.9 Å². The summed E-state index contributed by atoms with van der Waals surface area (Å²) in [5.74, 6) is 0.0861. The third kappa shape index (κ3) is 4.41. The number of ether oxygens (including phenoxy) is 3. The van der Waals surface area contributed by atoms with Crippen LogP contribution >= 0.6 is 0 Å². The molecule has 0 aromatic heterocycles. The van der Waals surface area contributed by atoms with Crippen molar-refractivity contribution in [2.24, 2.45) is 0 Å². The van der Waals surface area contributed by atoms with E-state index in [0.29, 0.717) is 11.5 Å². The number of hydrogen-bond acceptors (Lipinski definition) is 5.